The van der Waals surface area contributed by atoms with E-state index in [1.807, 2.05) is 12.1 Å². The van der Waals surface area contributed by atoms with E-state index >= 15 is 0 Å². The van der Waals surface area contributed by atoms with E-state index in [1.54, 1.807) is 11.8 Å². The Bertz CT molecular complexity index is 763. The molecule has 0 saturated carbocycles. The van der Waals surface area contributed by atoms with Crippen LogP contribution in [-0.2, 0) is 0 Å². The minimum Gasteiger partial charge on any atom is -0.459 e. The normalized spacial score (nSPS) is 12.5. The number of para-hydroxylation sites is 1. The lowest BCUT2D eigenvalue weighted by Crippen LogP contribution is -2.06. The van der Waals surface area contributed by atoms with Crippen LogP contribution in [0.3, 0.4) is 0 Å². The maximum atomic E-state index is 6.02. The SMILES string of the molecule is CSc1cccc(NC(C)c2oc3ccccc3c2C)c1. The largest absolute Gasteiger partial charge is 0.459 e. The second-order valence-corrected chi connectivity index (χ2v) is 6.07. The van der Waals surface area contributed by atoms with Crippen molar-refractivity contribution in [1.82, 2.24) is 0 Å². The van der Waals surface area contributed by atoms with Gasteiger partial charge in [0.15, 0.2) is 0 Å². The predicted octanol–water partition coefficient (Wildman–Crippen LogP) is 5.64. The van der Waals surface area contributed by atoms with Crippen molar-refractivity contribution in [3.05, 3.63) is 59.9 Å². The van der Waals surface area contributed by atoms with Gasteiger partial charge in [0.2, 0.25) is 0 Å². The van der Waals surface area contributed by atoms with Crippen LogP contribution in [0.5, 0.6) is 0 Å². The molecule has 1 heterocycles. The van der Waals surface area contributed by atoms with Crippen molar-refractivity contribution in [2.45, 2.75) is 24.8 Å². The van der Waals surface area contributed by atoms with Gasteiger partial charge < -0.3 is 9.73 Å². The lowest BCUT2D eigenvalue weighted by Gasteiger charge is -2.14. The number of aryl methyl sites for hydroxylation is 1. The Morgan fingerprint density at radius 1 is 1.10 bits per heavy atom. The zero-order chi connectivity index (χ0) is 14.8. The molecule has 0 aliphatic rings. The molecule has 3 aromatic rings. The Labute approximate surface area is 129 Å². The van der Waals surface area contributed by atoms with Gasteiger partial charge in [0.25, 0.3) is 0 Å². The molecule has 1 N–H and O–H groups in total. The van der Waals surface area contributed by atoms with Gasteiger partial charge in [-0.25, -0.2) is 0 Å². The molecule has 1 atom stereocenters. The first kappa shape index (κ1) is 14.1. The highest BCUT2D eigenvalue weighted by molar-refractivity contribution is 7.98. The Balaban J connectivity index is 1.89. The molecule has 0 radical (unpaired) electrons. The first-order chi connectivity index (χ1) is 10.2. The molecule has 3 heteroatoms. The van der Waals surface area contributed by atoms with E-state index in [0.29, 0.717) is 0 Å². The van der Waals surface area contributed by atoms with Gasteiger partial charge in [0.1, 0.15) is 11.3 Å². The zero-order valence-electron chi connectivity index (χ0n) is 12.5. The van der Waals surface area contributed by atoms with Crippen molar-refractivity contribution in [1.29, 1.82) is 0 Å². The molecule has 2 nitrogen and oxygen atoms in total. The van der Waals surface area contributed by atoms with E-state index in [4.69, 9.17) is 4.42 Å². The molecule has 0 aliphatic carbocycles. The van der Waals surface area contributed by atoms with Gasteiger partial charge in [-0.1, -0.05) is 24.3 Å². The van der Waals surface area contributed by atoms with Gasteiger partial charge in [0.05, 0.1) is 6.04 Å². The zero-order valence-corrected chi connectivity index (χ0v) is 13.3. The van der Waals surface area contributed by atoms with Crippen LogP contribution >= 0.6 is 11.8 Å². The number of hydrogen-bond donors (Lipinski definition) is 1. The van der Waals surface area contributed by atoms with Crippen molar-refractivity contribution in [2.75, 3.05) is 11.6 Å². The van der Waals surface area contributed by atoms with E-state index in [9.17, 15) is 0 Å². The number of hydrogen-bond acceptors (Lipinski definition) is 3. The molecule has 0 bridgehead atoms. The fourth-order valence-electron chi connectivity index (χ4n) is 2.63. The van der Waals surface area contributed by atoms with E-state index in [1.165, 1.54) is 15.8 Å². The van der Waals surface area contributed by atoms with Crippen LogP contribution in [-0.4, -0.2) is 6.26 Å². The summed E-state index contributed by atoms with van der Waals surface area (Å²) < 4.78 is 6.02. The minimum absolute atomic E-state index is 0.134. The van der Waals surface area contributed by atoms with Gasteiger partial charge >= 0.3 is 0 Å². The standard InChI is InChI=1S/C18H19NOS/c1-12-16-9-4-5-10-17(16)20-18(12)13(2)19-14-7-6-8-15(11-14)21-3/h4-11,13,19H,1-3H3. The van der Waals surface area contributed by atoms with E-state index < -0.39 is 0 Å². The molecule has 1 aromatic heterocycles. The predicted molar refractivity (Wildman–Crippen MR) is 91.2 cm³/mol. The summed E-state index contributed by atoms with van der Waals surface area (Å²) in [5.41, 5.74) is 3.29. The molecule has 0 fully saturated rings. The summed E-state index contributed by atoms with van der Waals surface area (Å²) in [5.74, 6) is 1.01. The van der Waals surface area contributed by atoms with Crippen LogP contribution in [0.15, 0.2) is 57.8 Å². The molecule has 0 amide bonds. The highest BCUT2D eigenvalue weighted by atomic mass is 32.2. The molecule has 3 rings (SSSR count). The second-order valence-electron chi connectivity index (χ2n) is 5.19. The molecule has 0 aliphatic heterocycles. The fourth-order valence-corrected chi connectivity index (χ4v) is 3.09. The average molecular weight is 297 g/mol. The summed E-state index contributed by atoms with van der Waals surface area (Å²) in [7, 11) is 0. The fraction of sp³-hybridized carbons (Fsp3) is 0.222. The third-order valence-electron chi connectivity index (χ3n) is 3.73. The van der Waals surface area contributed by atoms with Gasteiger partial charge in [-0.2, -0.15) is 0 Å². The molecule has 21 heavy (non-hydrogen) atoms. The van der Waals surface area contributed by atoms with Crippen molar-refractivity contribution in [3.63, 3.8) is 0 Å². The van der Waals surface area contributed by atoms with E-state index in [2.05, 4.69) is 61.8 Å². The monoisotopic (exact) mass is 297 g/mol. The first-order valence-corrected chi connectivity index (χ1v) is 8.30. The minimum atomic E-state index is 0.134. The quantitative estimate of drug-likeness (QED) is 0.631. The summed E-state index contributed by atoms with van der Waals surface area (Å²) in [4.78, 5) is 1.26. The smallest absolute Gasteiger partial charge is 0.134 e. The number of thioether (sulfide) groups is 1. The van der Waals surface area contributed by atoms with Crippen LogP contribution in [0.1, 0.15) is 24.3 Å². The highest BCUT2D eigenvalue weighted by Gasteiger charge is 2.16. The van der Waals surface area contributed by atoms with Gasteiger partial charge in [-0.3, -0.25) is 0 Å². The molecule has 2 aromatic carbocycles. The number of fused-ring (bicyclic) bond motifs is 1. The van der Waals surface area contributed by atoms with E-state index in [-0.39, 0.29) is 6.04 Å². The highest BCUT2D eigenvalue weighted by Crippen LogP contribution is 2.31. The van der Waals surface area contributed by atoms with Crippen molar-refractivity contribution in [3.8, 4) is 0 Å². The Morgan fingerprint density at radius 3 is 2.67 bits per heavy atom. The lowest BCUT2D eigenvalue weighted by atomic mass is 10.1. The molecule has 1 unspecified atom stereocenters. The summed E-state index contributed by atoms with van der Waals surface area (Å²) in [5, 5.41) is 4.72. The number of anilines is 1. The molecular weight excluding hydrogens is 278 g/mol. The Kier molecular flexibility index (Phi) is 3.93. The molecule has 0 spiro atoms. The summed E-state index contributed by atoms with van der Waals surface area (Å²) in [6, 6.07) is 16.8. The van der Waals surface area contributed by atoms with E-state index in [0.717, 1.165) is 17.0 Å². The second kappa shape index (κ2) is 5.86. The summed E-state index contributed by atoms with van der Waals surface area (Å²) in [6.45, 7) is 4.26. The van der Waals surface area contributed by atoms with Gasteiger partial charge in [0, 0.05) is 21.5 Å². The maximum absolute atomic E-state index is 6.02. The Morgan fingerprint density at radius 2 is 1.90 bits per heavy atom. The topological polar surface area (TPSA) is 25.2 Å². The van der Waals surface area contributed by atoms with Gasteiger partial charge in [-0.05, 0) is 44.4 Å². The average Bonchev–Trinajstić information content (AvgIpc) is 2.85. The number of nitrogens with one attached hydrogen (secondary N) is 1. The number of rotatable bonds is 4. The van der Waals surface area contributed by atoms with Crippen LogP contribution in [0.2, 0.25) is 0 Å². The van der Waals surface area contributed by atoms with Crippen molar-refractivity contribution >= 4 is 28.4 Å². The van der Waals surface area contributed by atoms with Crippen LogP contribution < -0.4 is 5.32 Å². The molecular formula is C18H19NOS. The third-order valence-corrected chi connectivity index (χ3v) is 4.45. The van der Waals surface area contributed by atoms with Crippen LogP contribution in [0.25, 0.3) is 11.0 Å². The third kappa shape index (κ3) is 2.79. The maximum Gasteiger partial charge on any atom is 0.134 e. The molecule has 108 valence electrons. The number of benzene rings is 2. The van der Waals surface area contributed by atoms with Crippen molar-refractivity contribution < 1.29 is 4.42 Å². The lowest BCUT2D eigenvalue weighted by molar-refractivity contribution is 0.522. The summed E-state index contributed by atoms with van der Waals surface area (Å²) >= 11 is 1.75. The van der Waals surface area contributed by atoms with Crippen molar-refractivity contribution in [2.24, 2.45) is 0 Å². The Hall–Kier alpha value is -1.87. The first-order valence-electron chi connectivity index (χ1n) is 7.07. The molecule has 0 saturated heterocycles. The van der Waals surface area contributed by atoms with Crippen LogP contribution in [0, 0.1) is 6.92 Å². The van der Waals surface area contributed by atoms with Gasteiger partial charge in [-0.15, -0.1) is 11.8 Å². The number of furan rings is 1. The van der Waals surface area contributed by atoms with Crippen LogP contribution in [0.4, 0.5) is 5.69 Å². The summed E-state index contributed by atoms with van der Waals surface area (Å²) in [6.07, 6.45) is 2.09.